The Balaban J connectivity index is 1.85. The lowest BCUT2D eigenvalue weighted by atomic mass is 10.2. The third-order valence-corrected chi connectivity index (χ3v) is 4.03. The van der Waals surface area contributed by atoms with E-state index in [0.29, 0.717) is 19.5 Å². The number of nitrogens with zero attached hydrogens (tertiary/aromatic N) is 1. The van der Waals surface area contributed by atoms with Crippen molar-refractivity contribution in [1.82, 2.24) is 5.32 Å². The molecule has 128 valence electrons. The fourth-order valence-electron chi connectivity index (χ4n) is 2.66. The number of carbonyl (C=O) groups excluding carboxylic acids is 1. The summed E-state index contributed by atoms with van der Waals surface area (Å²) in [7, 11) is 1.64. The second kappa shape index (κ2) is 8.96. The van der Waals surface area contributed by atoms with Crippen molar-refractivity contribution in [1.29, 1.82) is 0 Å². The van der Waals surface area contributed by atoms with E-state index in [0.717, 1.165) is 23.5 Å². The molecule has 0 aliphatic rings. The maximum atomic E-state index is 12.2. The molecule has 0 aliphatic carbocycles. The lowest BCUT2D eigenvalue weighted by Crippen LogP contribution is -2.30. The van der Waals surface area contributed by atoms with E-state index in [1.54, 1.807) is 7.11 Å². The van der Waals surface area contributed by atoms with Crippen LogP contribution in [0.1, 0.15) is 24.5 Å². The van der Waals surface area contributed by atoms with Gasteiger partial charge in [-0.25, -0.2) is 0 Å². The second-order valence-electron chi connectivity index (χ2n) is 5.76. The minimum Gasteiger partial charge on any atom is -0.496 e. The van der Waals surface area contributed by atoms with Crippen LogP contribution in [0.4, 0.5) is 5.69 Å². The zero-order chi connectivity index (χ0) is 17.4. The summed E-state index contributed by atoms with van der Waals surface area (Å²) in [6, 6.07) is 16.1. The third-order valence-electron chi connectivity index (χ3n) is 4.03. The number of amides is 1. The lowest BCUT2D eigenvalue weighted by Gasteiger charge is -2.23. The average molecular weight is 326 g/mol. The summed E-state index contributed by atoms with van der Waals surface area (Å²) in [6.45, 7) is 6.26. The highest BCUT2D eigenvalue weighted by atomic mass is 16.5. The first-order valence-electron chi connectivity index (χ1n) is 8.34. The first kappa shape index (κ1) is 17.9. The Morgan fingerprint density at radius 3 is 2.67 bits per heavy atom. The molecule has 2 rings (SSSR count). The summed E-state index contributed by atoms with van der Waals surface area (Å²) in [5.74, 6) is 0.847. The Morgan fingerprint density at radius 1 is 1.17 bits per heavy atom. The van der Waals surface area contributed by atoms with Gasteiger partial charge in [-0.1, -0.05) is 30.3 Å². The van der Waals surface area contributed by atoms with Gasteiger partial charge in [-0.05, 0) is 37.6 Å². The quantitative estimate of drug-likeness (QED) is 0.807. The van der Waals surface area contributed by atoms with Crippen LogP contribution in [0.15, 0.2) is 48.5 Å². The van der Waals surface area contributed by atoms with Gasteiger partial charge in [0.2, 0.25) is 5.91 Å². The predicted octanol–water partition coefficient (Wildman–Crippen LogP) is 3.54. The van der Waals surface area contributed by atoms with Gasteiger partial charge in [-0.2, -0.15) is 0 Å². The fourth-order valence-corrected chi connectivity index (χ4v) is 2.66. The van der Waals surface area contributed by atoms with Crippen molar-refractivity contribution in [2.45, 2.75) is 26.8 Å². The van der Waals surface area contributed by atoms with E-state index in [2.05, 4.69) is 48.3 Å². The number of para-hydroxylation sites is 1. The predicted molar refractivity (Wildman–Crippen MR) is 98.5 cm³/mol. The third kappa shape index (κ3) is 5.01. The molecule has 2 aromatic carbocycles. The number of hydrogen-bond donors (Lipinski definition) is 1. The largest absolute Gasteiger partial charge is 0.496 e. The van der Waals surface area contributed by atoms with Gasteiger partial charge in [0.1, 0.15) is 5.75 Å². The Hall–Kier alpha value is -2.49. The number of methoxy groups -OCH3 is 1. The van der Waals surface area contributed by atoms with Crippen LogP contribution < -0.4 is 15.0 Å². The highest BCUT2D eigenvalue weighted by molar-refractivity contribution is 5.76. The van der Waals surface area contributed by atoms with E-state index < -0.39 is 0 Å². The molecular formula is C20H26N2O2. The van der Waals surface area contributed by atoms with Crippen LogP contribution in [-0.4, -0.2) is 26.1 Å². The molecule has 4 heteroatoms. The smallest absolute Gasteiger partial charge is 0.222 e. The number of hydrogen-bond acceptors (Lipinski definition) is 3. The maximum Gasteiger partial charge on any atom is 0.222 e. The Morgan fingerprint density at radius 2 is 1.96 bits per heavy atom. The molecular weight excluding hydrogens is 300 g/mol. The van der Waals surface area contributed by atoms with Crippen molar-refractivity contribution in [2.75, 3.05) is 25.1 Å². The zero-order valence-corrected chi connectivity index (χ0v) is 14.7. The van der Waals surface area contributed by atoms with Crippen LogP contribution in [-0.2, 0) is 11.3 Å². The molecule has 0 fully saturated rings. The summed E-state index contributed by atoms with van der Waals surface area (Å²) >= 11 is 0. The number of carbonyl (C=O) groups is 1. The van der Waals surface area contributed by atoms with E-state index in [1.165, 1.54) is 5.56 Å². The number of benzene rings is 2. The van der Waals surface area contributed by atoms with E-state index in [-0.39, 0.29) is 5.91 Å². The van der Waals surface area contributed by atoms with Crippen LogP contribution in [0.5, 0.6) is 5.75 Å². The molecule has 0 heterocycles. The molecule has 0 spiro atoms. The summed E-state index contributed by atoms with van der Waals surface area (Å²) in [4.78, 5) is 14.4. The topological polar surface area (TPSA) is 41.6 Å². The summed E-state index contributed by atoms with van der Waals surface area (Å²) in [5.41, 5.74) is 3.38. The molecule has 0 saturated carbocycles. The number of nitrogens with one attached hydrogen (secondary N) is 1. The molecule has 0 atom stereocenters. The molecule has 1 N–H and O–H groups in total. The second-order valence-corrected chi connectivity index (χ2v) is 5.76. The van der Waals surface area contributed by atoms with Crippen LogP contribution >= 0.6 is 0 Å². The first-order chi connectivity index (χ1) is 11.6. The van der Waals surface area contributed by atoms with Crippen LogP contribution in [0, 0.1) is 6.92 Å². The molecule has 0 radical (unpaired) electrons. The van der Waals surface area contributed by atoms with Gasteiger partial charge in [0.05, 0.1) is 7.11 Å². The van der Waals surface area contributed by atoms with Crippen molar-refractivity contribution in [3.63, 3.8) is 0 Å². The van der Waals surface area contributed by atoms with Gasteiger partial charge in [0, 0.05) is 37.3 Å². The monoisotopic (exact) mass is 326 g/mol. The van der Waals surface area contributed by atoms with Crippen LogP contribution in [0.3, 0.4) is 0 Å². The molecule has 0 aromatic heterocycles. The highest BCUT2D eigenvalue weighted by Crippen LogP contribution is 2.17. The summed E-state index contributed by atoms with van der Waals surface area (Å²) < 4.78 is 5.30. The molecule has 0 unspecified atom stereocenters. The van der Waals surface area contributed by atoms with Gasteiger partial charge in [-0.3, -0.25) is 4.79 Å². The van der Waals surface area contributed by atoms with Gasteiger partial charge in [0.25, 0.3) is 0 Å². The minimum absolute atomic E-state index is 0.0482. The van der Waals surface area contributed by atoms with Gasteiger partial charge in [-0.15, -0.1) is 0 Å². The fraction of sp³-hybridized carbons (Fsp3) is 0.350. The first-order valence-corrected chi connectivity index (χ1v) is 8.34. The molecule has 1 amide bonds. The van der Waals surface area contributed by atoms with Crippen molar-refractivity contribution in [3.05, 3.63) is 59.7 Å². The number of ether oxygens (including phenoxy) is 1. The standard InChI is InChI=1S/C20H26N2O2/c1-4-22(18-10-7-8-16(2)14-18)13-12-20(23)21-15-17-9-5-6-11-19(17)24-3/h5-11,14H,4,12-13,15H2,1-3H3,(H,21,23). The molecule has 24 heavy (non-hydrogen) atoms. The Kier molecular flexibility index (Phi) is 6.67. The Labute approximate surface area is 144 Å². The molecule has 4 nitrogen and oxygen atoms in total. The van der Waals surface area contributed by atoms with Crippen molar-refractivity contribution >= 4 is 11.6 Å². The minimum atomic E-state index is 0.0482. The van der Waals surface area contributed by atoms with Crippen LogP contribution in [0.25, 0.3) is 0 Å². The SMILES string of the molecule is CCN(CCC(=O)NCc1ccccc1OC)c1cccc(C)c1. The normalized spacial score (nSPS) is 10.3. The highest BCUT2D eigenvalue weighted by Gasteiger charge is 2.09. The van der Waals surface area contributed by atoms with Crippen molar-refractivity contribution in [3.8, 4) is 5.75 Å². The molecule has 2 aromatic rings. The zero-order valence-electron chi connectivity index (χ0n) is 14.7. The van der Waals surface area contributed by atoms with Gasteiger partial charge < -0.3 is 15.0 Å². The average Bonchev–Trinajstić information content (AvgIpc) is 2.60. The number of anilines is 1. The number of aryl methyl sites for hydroxylation is 1. The lowest BCUT2D eigenvalue weighted by molar-refractivity contribution is -0.121. The van der Waals surface area contributed by atoms with Gasteiger partial charge in [0.15, 0.2) is 0 Å². The van der Waals surface area contributed by atoms with Crippen molar-refractivity contribution < 1.29 is 9.53 Å². The number of rotatable bonds is 8. The summed E-state index contributed by atoms with van der Waals surface area (Å²) in [6.07, 6.45) is 0.469. The maximum absolute atomic E-state index is 12.2. The van der Waals surface area contributed by atoms with Crippen molar-refractivity contribution in [2.24, 2.45) is 0 Å². The van der Waals surface area contributed by atoms with E-state index >= 15 is 0 Å². The summed E-state index contributed by atoms with van der Waals surface area (Å²) in [5, 5.41) is 2.97. The molecule has 0 bridgehead atoms. The van der Waals surface area contributed by atoms with Gasteiger partial charge >= 0.3 is 0 Å². The van der Waals surface area contributed by atoms with E-state index in [1.807, 2.05) is 24.3 Å². The molecule has 0 aliphatic heterocycles. The molecule has 0 saturated heterocycles. The Bertz CT molecular complexity index is 670. The van der Waals surface area contributed by atoms with E-state index in [4.69, 9.17) is 4.74 Å². The van der Waals surface area contributed by atoms with E-state index in [9.17, 15) is 4.79 Å². The van der Waals surface area contributed by atoms with Crippen LogP contribution in [0.2, 0.25) is 0 Å².